The number of halogens is 2. The summed E-state index contributed by atoms with van der Waals surface area (Å²) in [5.41, 5.74) is 4.57. The average Bonchev–Trinajstić information content (AvgIpc) is 3.15. The highest BCUT2D eigenvalue weighted by molar-refractivity contribution is 7.99. The Bertz CT molecular complexity index is 1240. The fourth-order valence-electron chi connectivity index (χ4n) is 3.32. The number of aryl methyl sites for hydroxylation is 1. The number of carbonyl (C=O) groups excluding carboxylic acids is 1. The zero-order valence-electron chi connectivity index (χ0n) is 17.5. The normalized spacial score (nSPS) is 11.0. The van der Waals surface area contributed by atoms with Crippen LogP contribution in [0.4, 0.5) is 0 Å². The maximum Gasteiger partial charge on any atom is 0.257 e. The summed E-state index contributed by atoms with van der Waals surface area (Å²) in [4.78, 5) is 16.9. The Balaban J connectivity index is 1.36. The van der Waals surface area contributed by atoms with Crippen molar-refractivity contribution in [3.05, 3.63) is 82.3 Å². The van der Waals surface area contributed by atoms with E-state index in [2.05, 4.69) is 53.6 Å². The molecule has 7 heteroatoms. The molecular formula is C25H22Cl2N2O2S. The van der Waals surface area contributed by atoms with E-state index in [1.165, 1.54) is 15.8 Å². The van der Waals surface area contributed by atoms with E-state index in [0.717, 1.165) is 22.5 Å². The molecule has 1 aromatic heterocycles. The zero-order valence-corrected chi connectivity index (χ0v) is 19.8. The van der Waals surface area contributed by atoms with Gasteiger partial charge in [-0.3, -0.25) is 4.79 Å². The first-order valence-electron chi connectivity index (χ1n) is 10.2. The SMILES string of the molecule is Cc1ccc(-c2[nH]c3ccccc3c2SCCNC(=O)COc2ccc(Cl)cc2Cl)cc1. The van der Waals surface area contributed by atoms with Gasteiger partial charge in [0.15, 0.2) is 6.61 Å². The van der Waals surface area contributed by atoms with Gasteiger partial charge in [-0.15, -0.1) is 11.8 Å². The molecule has 3 aromatic carbocycles. The molecule has 1 heterocycles. The highest BCUT2D eigenvalue weighted by Crippen LogP contribution is 2.37. The molecule has 4 rings (SSSR count). The van der Waals surface area contributed by atoms with Crippen molar-refractivity contribution in [2.75, 3.05) is 18.9 Å². The Hall–Kier alpha value is -2.60. The summed E-state index contributed by atoms with van der Waals surface area (Å²) in [6.07, 6.45) is 0. The summed E-state index contributed by atoms with van der Waals surface area (Å²) in [6, 6.07) is 21.7. The van der Waals surface area contributed by atoms with Crippen LogP contribution in [-0.2, 0) is 4.79 Å². The number of hydrogen-bond acceptors (Lipinski definition) is 3. The molecule has 0 saturated heterocycles. The molecule has 32 heavy (non-hydrogen) atoms. The monoisotopic (exact) mass is 484 g/mol. The maximum absolute atomic E-state index is 12.2. The van der Waals surface area contributed by atoms with Gasteiger partial charge in [-0.1, -0.05) is 71.2 Å². The molecule has 0 aliphatic heterocycles. The molecule has 0 fully saturated rings. The number of hydrogen-bond donors (Lipinski definition) is 2. The average molecular weight is 485 g/mol. The molecular weight excluding hydrogens is 463 g/mol. The molecule has 2 N–H and O–H groups in total. The number of nitrogens with one attached hydrogen (secondary N) is 2. The quantitative estimate of drug-likeness (QED) is 0.215. The van der Waals surface area contributed by atoms with Crippen LogP contribution in [0.5, 0.6) is 5.75 Å². The molecule has 1 amide bonds. The fourth-order valence-corrected chi connectivity index (χ4v) is 4.84. The summed E-state index contributed by atoms with van der Waals surface area (Å²) >= 11 is 13.7. The summed E-state index contributed by atoms with van der Waals surface area (Å²) in [5, 5.41) is 4.98. The Labute approximate surface area is 201 Å². The second kappa shape index (κ2) is 10.3. The van der Waals surface area contributed by atoms with Crippen LogP contribution in [0.25, 0.3) is 22.2 Å². The number of thioether (sulfide) groups is 1. The number of aromatic nitrogens is 1. The minimum absolute atomic E-state index is 0.103. The number of rotatable bonds is 8. The van der Waals surface area contributed by atoms with Crippen molar-refractivity contribution in [2.45, 2.75) is 11.8 Å². The first-order chi connectivity index (χ1) is 15.5. The van der Waals surface area contributed by atoms with E-state index in [-0.39, 0.29) is 12.5 Å². The Morgan fingerprint density at radius 2 is 1.84 bits per heavy atom. The van der Waals surface area contributed by atoms with Gasteiger partial charge in [0.2, 0.25) is 0 Å². The van der Waals surface area contributed by atoms with Crippen molar-refractivity contribution in [3.8, 4) is 17.0 Å². The summed E-state index contributed by atoms with van der Waals surface area (Å²) in [5.74, 6) is 0.963. The van der Waals surface area contributed by atoms with Gasteiger partial charge < -0.3 is 15.0 Å². The third kappa shape index (κ3) is 5.41. The van der Waals surface area contributed by atoms with Crippen LogP contribution >= 0.6 is 35.0 Å². The Morgan fingerprint density at radius 1 is 1.06 bits per heavy atom. The third-order valence-electron chi connectivity index (χ3n) is 4.92. The number of ether oxygens (including phenoxy) is 1. The molecule has 0 aliphatic carbocycles. The van der Waals surface area contributed by atoms with Gasteiger partial charge in [0.1, 0.15) is 5.75 Å². The van der Waals surface area contributed by atoms with Gasteiger partial charge in [-0.2, -0.15) is 0 Å². The molecule has 4 nitrogen and oxygen atoms in total. The second-order valence-electron chi connectivity index (χ2n) is 7.30. The number of carbonyl (C=O) groups is 1. The van der Waals surface area contributed by atoms with Gasteiger partial charge in [0, 0.05) is 33.1 Å². The lowest BCUT2D eigenvalue weighted by Crippen LogP contribution is -2.30. The summed E-state index contributed by atoms with van der Waals surface area (Å²) in [6.45, 7) is 2.50. The van der Waals surface area contributed by atoms with Crippen LogP contribution < -0.4 is 10.1 Å². The predicted octanol–water partition coefficient (Wildman–Crippen LogP) is 6.74. The third-order valence-corrected chi connectivity index (χ3v) is 6.57. The van der Waals surface area contributed by atoms with E-state index >= 15 is 0 Å². The van der Waals surface area contributed by atoms with Crippen molar-refractivity contribution in [1.82, 2.24) is 10.3 Å². The topological polar surface area (TPSA) is 54.1 Å². The van der Waals surface area contributed by atoms with Crippen LogP contribution in [0.1, 0.15) is 5.56 Å². The lowest BCUT2D eigenvalue weighted by atomic mass is 10.1. The van der Waals surface area contributed by atoms with Crippen LogP contribution in [-0.4, -0.2) is 29.8 Å². The Kier molecular flexibility index (Phi) is 7.30. The Morgan fingerprint density at radius 3 is 2.62 bits per heavy atom. The lowest BCUT2D eigenvalue weighted by Gasteiger charge is -2.09. The van der Waals surface area contributed by atoms with E-state index in [0.29, 0.717) is 22.3 Å². The minimum atomic E-state index is -0.200. The number of H-pyrrole nitrogens is 1. The number of fused-ring (bicyclic) bond motifs is 1. The molecule has 0 radical (unpaired) electrons. The van der Waals surface area contributed by atoms with Crippen molar-refractivity contribution < 1.29 is 9.53 Å². The van der Waals surface area contributed by atoms with Crippen LogP contribution in [0.2, 0.25) is 10.0 Å². The molecule has 0 atom stereocenters. The van der Waals surface area contributed by atoms with Crippen LogP contribution in [0.3, 0.4) is 0 Å². The predicted molar refractivity (Wildman–Crippen MR) is 134 cm³/mol. The van der Waals surface area contributed by atoms with Crippen LogP contribution in [0.15, 0.2) is 71.6 Å². The van der Waals surface area contributed by atoms with E-state index < -0.39 is 0 Å². The smallest absolute Gasteiger partial charge is 0.257 e. The number of para-hydroxylation sites is 1. The molecule has 0 spiro atoms. The molecule has 4 aromatic rings. The van der Waals surface area contributed by atoms with Crippen molar-refractivity contribution in [2.24, 2.45) is 0 Å². The van der Waals surface area contributed by atoms with Gasteiger partial charge in [0.05, 0.1) is 10.7 Å². The maximum atomic E-state index is 12.2. The van der Waals surface area contributed by atoms with E-state index in [1.807, 2.05) is 12.1 Å². The standard InChI is InChI=1S/C25H22Cl2N2O2S/c1-16-6-8-17(9-7-16)24-25(19-4-2-3-5-21(19)29-24)32-13-12-28-23(30)15-31-22-11-10-18(26)14-20(22)27/h2-11,14,29H,12-13,15H2,1H3,(H,28,30). The van der Waals surface area contributed by atoms with E-state index in [9.17, 15) is 4.79 Å². The minimum Gasteiger partial charge on any atom is -0.482 e. The molecule has 0 unspecified atom stereocenters. The summed E-state index contributed by atoms with van der Waals surface area (Å²) < 4.78 is 5.49. The second-order valence-corrected chi connectivity index (χ2v) is 9.25. The number of aromatic amines is 1. The van der Waals surface area contributed by atoms with Crippen molar-refractivity contribution >= 4 is 51.8 Å². The van der Waals surface area contributed by atoms with Crippen molar-refractivity contribution in [3.63, 3.8) is 0 Å². The first kappa shape index (κ1) is 22.6. The van der Waals surface area contributed by atoms with Crippen LogP contribution in [0, 0.1) is 6.92 Å². The number of benzene rings is 3. The zero-order chi connectivity index (χ0) is 22.5. The van der Waals surface area contributed by atoms with E-state index in [4.69, 9.17) is 27.9 Å². The molecule has 0 bridgehead atoms. The fraction of sp³-hybridized carbons (Fsp3) is 0.160. The van der Waals surface area contributed by atoms with Gasteiger partial charge in [0.25, 0.3) is 5.91 Å². The van der Waals surface area contributed by atoms with Gasteiger partial charge in [-0.25, -0.2) is 0 Å². The largest absolute Gasteiger partial charge is 0.482 e. The lowest BCUT2D eigenvalue weighted by molar-refractivity contribution is -0.122. The van der Waals surface area contributed by atoms with Gasteiger partial charge >= 0.3 is 0 Å². The molecule has 164 valence electrons. The van der Waals surface area contributed by atoms with Crippen molar-refractivity contribution in [1.29, 1.82) is 0 Å². The summed E-state index contributed by atoms with van der Waals surface area (Å²) in [7, 11) is 0. The van der Waals surface area contributed by atoms with E-state index in [1.54, 1.807) is 30.0 Å². The highest BCUT2D eigenvalue weighted by atomic mass is 35.5. The first-order valence-corrected chi connectivity index (χ1v) is 11.9. The number of amides is 1. The van der Waals surface area contributed by atoms with Gasteiger partial charge in [-0.05, 0) is 36.8 Å². The molecule has 0 aliphatic rings. The molecule has 0 saturated carbocycles. The highest BCUT2D eigenvalue weighted by Gasteiger charge is 2.14.